The third-order valence-corrected chi connectivity index (χ3v) is 0.467. The van der Waals surface area contributed by atoms with Crippen LogP contribution in [-0.4, -0.2) is 19.3 Å². The van der Waals surface area contributed by atoms with Gasteiger partial charge in [-0.1, -0.05) is 0 Å². The summed E-state index contributed by atoms with van der Waals surface area (Å²) >= 11 is 0. The summed E-state index contributed by atoms with van der Waals surface area (Å²) in [6.07, 6.45) is 0. The summed E-state index contributed by atoms with van der Waals surface area (Å²) in [5.41, 5.74) is 0. The van der Waals surface area contributed by atoms with Gasteiger partial charge in [0.2, 0.25) is 0 Å². The standard InChI is InChI=1S/CH5FO3S/c2-1-6(3,4)5/h6H,1H2,(H2,3,4,5). The lowest BCUT2D eigenvalue weighted by molar-refractivity contribution is 0.394. The summed E-state index contributed by atoms with van der Waals surface area (Å²) in [7, 11) is -4.31. The molecule has 6 heavy (non-hydrogen) atoms. The van der Waals surface area contributed by atoms with Gasteiger partial charge in [0.1, 0.15) is 10.5 Å². The van der Waals surface area contributed by atoms with Crippen molar-refractivity contribution >= 4 is 10.5 Å². The largest absolute Gasteiger partial charge is 0.308 e. The SMILES string of the molecule is O=[SH](O)(O)CF. The number of hydrogen-bond donors (Lipinski definition) is 3. The maximum Gasteiger partial charge on any atom is 0.184 e. The molecule has 5 heteroatoms. The zero-order valence-electron chi connectivity index (χ0n) is 2.83. The van der Waals surface area contributed by atoms with Gasteiger partial charge in [-0.25, -0.2) is 8.60 Å². The zero-order chi connectivity index (χ0) is 5.21. The molecule has 0 aliphatic rings. The molecule has 0 aromatic carbocycles. The molecule has 40 valence electrons. The first kappa shape index (κ1) is 6.00. The van der Waals surface area contributed by atoms with E-state index in [-0.39, 0.29) is 0 Å². The predicted molar refractivity (Wildman–Crippen MR) is 20.8 cm³/mol. The monoisotopic (exact) mass is 116 g/mol. The molecule has 0 bridgehead atoms. The van der Waals surface area contributed by atoms with E-state index in [1.54, 1.807) is 0 Å². The molecular formula is CH5FO3S. The van der Waals surface area contributed by atoms with Crippen molar-refractivity contribution in [3.05, 3.63) is 0 Å². The molecule has 0 unspecified atom stereocenters. The number of rotatable bonds is 1. The van der Waals surface area contributed by atoms with Crippen molar-refractivity contribution in [2.45, 2.75) is 0 Å². The number of hydrogen-bond acceptors (Lipinski definition) is 1. The summed E-state index contributed by atoms with van der Waals surface area (Å²) in [4.78, 5) is 0. The average Bonchev–Trinajstić information content (AvgIpc) is 1.35. The van der Waals surface area contributed by atoms with Gasteiger partial charge in [0, 0.05) is 0 Å². The number of thiol groups is 1. The molecule has 0 fully saturated rings. The summed E-state index contributed by atoms with van der Waals surface area (Å²) in [5.74, 6) is 0. The molecule has 0 spiro atoms. The molecule has 0 aliphatic heterocycles. The van der Waals surface area contributed by atoms with Gasteiger partial charge < -0.3 is 9.11 Å². The van der Waals surface area contributed by atoms with Crippen LogP contribution in [0.1, 0.15) is 0 Å². The van der Waals surface area contributed by atoms with Crippen LogP contribution in [0, 0.1) is 0 Å². The van der Waals surface area contributed by atoms with Gasteiger partial charge in [-0.15, -0.1) is 0 Å². The van der Waals surface area contributed by atoms with Crippen LogP contribution in [0.5, 0.6) is 0 Å². The van der Waals surface area contributed by atoms with E-state index >= 15 is 0 Å². The minimum atomic E-state index is -4.31. The molecule has 0 aromatic heterocycles. The Morgan fingerprint density at radius 1 is 1.67 bits per heavy atom. The second-order valence-corrected chi connectivity index (χ2v) is 2.35. The van der Waals surface area contributed by atoms with Gasteiger partial charge >= 0.3 is 0 Å². The Hall–Kier alpha value is -0.0000000000000000555. The fraction of sp³-hybridized carbons (Fsp3) is 1.00. The van der Waals surface area contributed by atoms with E-state index in [1.165, 1.54) is 0 Å². The highest BCUT2D eigenvalue weighted by molar-refractivity contribution is 7.92. The van der Waals surface area contributed by atoms with Crippen molar-refractivity contribution in [3.63, 3.8) is 0 Å². The highest BCUT2D eigenvalue weighted by Gasteiger charge is 1.97. The van der Waals surface area contributed by atoms with Crippen molar-refractivity contribution in [2.24, 2.45) is 0 Å². The number of halogens is 1. The minimum Gasteiger partial charge on any atom is -0.308 e. The maximum atomic E-state index is 10.7. The Kier molecular flexibility index (Phi) is 1.63. The van der Waals surface area contributed by atoms with Crippen molar-refractivity contribution in [1.29, 1.82) is 0 Å². The molecule has 0 heterocycles. The summed E-state index contributed by atoms with van der Waals surface area (Å²) in [6, 6.07) is -1.56. The predicted octanol–water partition coefficient (Wildman–Crippen LogP) is -0.124. The van der Waals surface area contributed by atoms with Gasteiger partial charge in [-0.05, 0) is 0 Å². The lowest BCUT2D eigenvalue weighted by Crippen LogP contribution is -2.08. The van der Waals surface area contributed by atoms with E-state index in [9.17, 15) is 8.60 Å². The van der Waals surface area contributed by atoms with E-state index in [0.29, 0.717) is 0 Å². The fourth-order valence-corrected chi connectivity index (χ4v) is 0. The molecule has 0 saturated carbocycles. The van der Waals surface area contributed by atoms with Crippen molar-refractivity contribution in [2.75, 3.05) is 6.01 Å². The molecule has 3 nitrogen and oxygen atoms in total. The Balaban J connectivity index is 3.48. The molecule has 2 N–H and O–H groups in total. The lowest BCUT2D eigenvalue weighted by Gasteiger charge is -1.99. The van der Waals surface area contributed by atoms with Gasteiger partial charge in [0.05, 0.1) is 0 Å². The van der Waals surface area contributed by atoms with Crippen LogP contribution in [0.4, 0.5) is 4.39 Å². The lowest BCUT2D eigenvalue weighted by atomic mass is 11.8. The van der Waals surface area contributed by atoms with E-state index in [0.717, 1.165) is 0 Å². The fourth-order valence-electron chi connectivity index (χ4n) is 0. The van der Waals surface area contributed by atoms with Crippen LogP contribution < -0.4 is 0 Å². The smallest absolute Gasteiger partial charge is 0.184 e. The molecule has 0 atom stereocenters. The van der Waals surface area contributed by atoms with E-state index in [2.05, 4.69) is 0 Å². The first-order valence-electron chi connectivity index (χ1n) is 1.17. The van der Waals surface area contributed by atoms with Gasteiger partial charge in [-0.2, -0.15) is 0 Å². The second kappa shape index (κ2) is 1.63. The Morgan fingerprint density at radius 2 is 1.83 bits per heavy atom. The van der Waals surface area contributed by atoms with E-state index in [1.807, 2.05) is 0 Å². The molecule has 0 aromatic rings. The van der Waals surface area contributed by atoms with Crippen LogP contribution in [0.3, 0.4) is 0 Å². The summed E-state index contributed by atoms with van der Waals surface area (Å²) in [5, 5.41) is 0. The van der Waals surface area contributed by atoms with Crippen molar-refractivity contribution < 1.29 is 17.7 Å². The molecule has 0 radical (unpaired) electrons. The van der Waals surface area contributed by atoms with Gasteiger partial charge in [-0.3, -0.25) is 0 Å². The molecule has 0 rings (SSSR count). The van der Waals surface area contributed by atoms with Gasteiger partial charge in [0.15, 0.2) is 6.01 Å². The van der Waals surface area contributed by atoms with Crippen LogP contribution >= 0.6 is 0 Å². The normalized spacial score (nSPS) is 14.5. The topological polar surface area (TPSA) is 57.5 Å². The third-order valence-electron chi connectivity index (χ3n) is 0.156. The summed E-state index contributed by atoms with van der Waals surface area (Å²) in [6.45, 7) is 0. The van der Waals surface area contributed by atoms with Crippen LogP contribution in [0.15, 0.2) is 0 Å². The first-order chi connectivity index (χ1) is 2.56. The maximum absolute atomic E-state index is 10.7. The third kappa shape index (κ3) is 4.00. The Morgan fingerprint density at radius 3 is 1.83 bits per heavy atom. The molecule has 0 aliphatic carbocycles. The summed E-state index contributed by atoms with van der Waals surface area (Å²) < 4.78 is 35.2. The van der Waals surface area contributed by atoms with Crippen molar-refractivity contribution in [1.82, 2.24) is 0 Å². The minimum absolute atomic E-state index is 1.56. The molecule has 0 amide bonds. The number of alkyl halides is 1. The Bertz CT molecular complexity index is 74.9. The van der Waals surface area contributed by atoms with E-state index < -0.39 is 16.5 Å². The van der Waals surface area contributed by atoms with Gasteiger partial charge in [0.25, 0.3) is 0 Å². The quantitative estimate of drug-likeness (QED) is 0.418. The highest BCUT2D eigenvalue weighted by atomic mass is 32.3. The second-order valence-electron chi connectivity index (χ2n) is 0.784. The van der Waals surface area contributed by atoms with Crippen LogP contribution in [0.25, 0.3) is 0 Å². The van der Waals surface area contributed by atoms with Crippen LogP contribution in [0.2, 0.25) is 0 Å². The van der Waals surface area contributed by atoms with E-state index in [4.69, 9.17) is 9.11 Å². The first-order valence-corrected chi connectivity index (χ1v) is 2.96. The molecule has 0 saturated heterocycles. The van der Waals surface area contributed by atoms with Crippen molar-refractivity contribution in [3.8, 4) is 0 Å². The van der Waals surface area contributed by atoms with Crippen LogP contribution in [-0.2, 0) is 10.5 Å². The zero-order valence-corrected chi connectivity index (χ0v) is 3.73. The Labute approximate surface area is 35.3 Å². The highest BCUT2D eigenvalue weighted by Crippen LogP contribution is 1.87. The molecular weight excluding hydrogens is 111 g/mol. The average molecular weight is 116 g/mol.